The molecule has 0 saturated heterocycles. The van der Waals surface area contributed by atoms with Crippen molar-refractivity contribution in [1.29, 1.82) is 0 Å². The average Bonchev–Trinajstić information content (AvgIpc) is 2.06. The lowest BCUT2D eigenvalue weighted by Crippen LogP contribution is -2.35. The topological polar surface area (TPSA) is 56.0 Å². The minimum atomic E-state index is -1.08. The van der Waals surface area contributed by atoms with Crippen LogP contribution in [0.15, 0.2) is 24.4 Å². The third kappa shape index (κ3) is 1.62. The molecule has 0 unspecified atom stereocenters. The lowest BCUT2D eigenvalue weighted by Gasteiger charge is -2.13. The van der Waals surface area contributed by atoms with Gasteiger partial charge >= 0.3 is 0 Å². The van der Waals surface area contributed by atoms with Gasteiger partial charge in [0.05, 0.1) is 5.69 Å². The molecule has 2 N–H and O–H groups in total. The molecule has 1 rings (SSSR count). The van der Waals surface area contributed by atoms with Crippen LogP contribution in [0, 0.1) is 0 Å². The Morgan fingerprint density at radius 1 is 1.64 bits per heavy atom. The van der Waals surface area contributed by atoms with Crippen LogP contribution in [0.25, 0.3) is 0 Å². The maximum Gasteiger partial charge on any atom is 0.226 e. The third-order valence-corrected chi connectivity index (χ3v) is 1.41. The largest absolute Gasteiger partial charge is 0.314 e. The number of nitrogens with zero attached hydrogens (tertiary/aromatic N) is 1. The normalized spacial score (nSPS) is 15.5. The molecule has 3 nitrogen and oxygen atoms in total. The number of aromatic nitrogens is 1. The molecule has 0 bridgehead atoms. The van der Waals surface area contributed by atoms with E-state index in [9.17, 15) is 4.79 Å². The van der Waals surface area contributed by atoms with Crippen molar-refractivity contribution in [2.45, 2.75) is 12.5 Å². The molecule has 1 aromatic rings. The van der Waals surface area contributed by atoms with Crippen LogP contribution in [0.5, 0.6) is 0 Å². The molecular formula is C8H9N2O. The molecule has 1 aromatic heterocycles. The van der Waals surface area contributed by atoms with E-state index < -0.39 is 5.54 Å². The molecule has 0 aliphatic heterocycles. The fraction of sp³-hybridized carbons (Fsp3) is 0.250. The second-order valence-corrected chi connectivity index (χ2v) is 2.52. The standard InChI is InChI=1S/C8H9N2O/c1-8(9,6-11)7-4-2-3-5-10-7/h2-5H,9H2,1H3/t8-/m0/s1. The molecule has 0 aliphatic carbocycles. The number of carbonyl (C=O) groups excluding carboxylic acids is 1. The Morgan fingerprint density at radius 2 is 2.36 bits per heavy atom. The maximum absolute atomic E-state index is 10.3. The molecule has 1 radical (unpaired) electrons. The summed E-state index contributed by atoms with van der Waals surface area (Å²) in [6.45, 7) is 1.57. The summed E-state index contributed by atoms with van der Waals surface area (Å²) < 4.78 is 0. The zero-order valence-corrected chi connectivity index (χ0v) is 6.24. The highest BCUT2D eigenvalue weighted by Crippen LogP contribution is 2.10. The Kier molecular flexibility index (Phi) is 2.01. The molecule has 0 aliphatic rings. The maximum atomic E-state index is 10.3. The Bertz CT molecular complexity index is 244. The van der Waals surface area contributed by atoms with Gasteiger partial charge in [-0.1, -0.05) is 6.07 Å². The Hall–Kier alpha value is -1.22. The van der Waals surface area contributed by atoms with Gasteiger partial charge in [0.15, 0.2) is 0 Å². The van der Waals surface area contributed by atoms with Crippen molar-refractivity contribution >= 4 is 6.29 Å². The van der Waals surface area contributed by atoms with Crippen LogP contribution in [0.2, 0.25) is 0 Å². The third-order valence-electron chi connectivity index (χ3n) is 1.41. The van der Waals surface area contributed by atoms with Crippen LogP contribution in [0.1, 0.15) is 12.6 Å². The number of nitrogens with two attached hydrogens (primary N) is 1. The summed E-state index contributed by atoms with van der Waals surface area (Å²) in [4.78, 5) is 14.3. The SMILES string of the molecule is C[C@](N)([C]=O)c1ccccn1. The van der Waals surface area contributed by atoms with E-state index in [2.05, 4.69) is 4.98 Å². The Morgan fingerprint density at radius 3 is 2.82 bits per heavy atom. The molecule has 0 saturated carbocycles. The molecular weight excluding hydrogens is 140 g/mol. The summed E-state index contributed by atoms with van der Waals surface area (Å²) in [6.07, 6.45) is 3.32. The summed E-state index contributed by atoms with van der Waals surface area (Å²) >= 11 is 0. The minimum absolute atomic E-state index is 0.537. The van der Waals surface area contributed by atoms with E-state index in [0.717, 1.165) is 0 Å². The van der Waals surface area contributed by atoms with Gasteiger partial charge in [-0.15, -0.1) is 0 Å². The molecule has 11 heavy (non-hydrogen) atoms. The molecule has 3 heteroatoms. The average molecular weight is 149 g/mol. The van der Waals surface area contributed by atoms with E-state index in [1.54, 1.807) is 37.6 Å². The van der Waals surface area contributed by atoms with E-state index in [1.807, 2.05) is 0 Å². The highest BCUT2D eigenvalue weighted by molar-refractivity contribution is 5.66. The summed E-state index contributed by atoms with van der Waals surface area (Å²) in [5.41, 5.74) is 5.01. The van der Waals surface area contributed by atoms with Crippen LogP contribution in [-0.2, 0) is 10.3 Å². The quantitative estimate of drug-likeness (QED) is 0.660. The highest BCUT2D eigenvalue weighted by Gasteiger charge is 2.21. The Balaban J connectivity index is 3.02. The molecule has 0 aromatic carbocycles. The van der Waals surface area contributed by atoms with Gasteiger partial charge in [-0.3, -0.25) is 9.78 Å². The van der Waals surface area contributed by atoms with E-state index >= 15 is 0 Å². The number of pyridine rings is 1. The minimum Gasteiger partial charge on any atom is -0.314 e. The lowest BCUT2D eigenvalue weighted by atomic mass is 10.0. The predicted octanol–water partition coefficient (Wildman–Crippen LogP) is 0.365. The number of hydrogen-bond donors (Lipinski definition) is 1. The molecule has 1 heterocycles. The summed E-state index contributed by atoms with van der Waals surface area (Å²) in [5, 5.41) is 0. The molecule has 0 amide bonds. The molecule has 1 atom stereocenters. The number of rotatable bonds is 2. The monoisotopic (exact) mass is 149 g/mol. The van der Waals surface area contributed by atoms with E-state index in [1.165, 1.54) is 0 Å². The van der Waals surface area contributed by atoms with Crippen LogP contribution in [0.4, 0.5) is 0 Å². The molecule has 0 spiro atoms. The van der Waals surface area contributed by atoms with E-state index in [4.69, 9.17) is 5.73 Å². The van der Waals surface area contributed by atoms with Crippen molar-refractivity contribution < 1.29 is 4.79 Å². The van der Waals surface area contributed by atoms with Crippen LogP contribution >= 0.6 is 0 Å². The summed E-state index contributed by atoms with van der Waals surface area (Å²) in [5.74, 6) is 0. The molecule has 57 valence electrons. The first-order valence-corrected chi connectivity index (χ1v) is 3.26. The zero-order chi connectivity index (χ0) is 8.32. The van der Waals surface area contributed by atoms with E-state index in [-0.39, 0.29) is 0 Å². The predicted molar refractivity (Wildman–Crippen MR) is 41.5 cm³/mol. The van der Waals surface area contributed by atoms with Crippen molar-refractivity contribution in [3.8, 4) is 0 Å². The van der Waals surface area contributed by atoms with Gasteiger partial charge in [-0.05, 0) is 19.1 Å². The van der Waals surface area contributed by atoms with Gasteiger partial charge in [-0.25, -0.2) is 0 Å². The number of hydrogen-bond acceptors (Lipinski definition) is 3. The second-order valence-electron chi connectivity index (χ2n) is 2.52. The van der Waals surface area contributed by atoms with Gasteiger partial charge in [0.2, 0.25) is 6.29 Å². The first-order chi connectivity index (χ1) is 5.17. The van der Waals surface area contributed by atoms with Gasteiger partial charge in [0.1, 0.15) is 5.54 Å². The van der Waals surface area contributed by atoms with Crippen LogP contribution < -0.4 is 5.73 Å². The lowest BCUT2D eigenvalue weighted by molar-refractivity contribution is 0.504. The highest BCUT2D eigenvalue weighted by atomic mass is 16.1. The Labute approximate surface area is 65.2 Å². The fourth-order valence-corrected chi connectivity index (χ4v) is 0.722. The van der Waals surface area contributed by atoms with Crippen LogP contribution in [-0.4, -0.2) is 11.3 Å². The van der Waals surface area contributed by atoms with Crippen molar-refractivity contribution in [3.63, 3.8) is 0 Å². The van der Waals surface area contributed by atoms with Gasteiger partial charge < -0.3 is 5.73 Å². The fourth-order valence-electron chi connectivity index (χ4n) is 0.722. The van der Waals surface area contributed by atoms with Gasteiger partial charge in [0, 0.05) is 6.20 Å². The summed E-state index contributed by atoms with van der Waals surface area (Å²) in [7, 11) is 0. The van der Waals surface area contributed by atoms with Crippen molar-refractivity contribution in [1.82, 2.24) is 4.98 Å². The second kappa shape index (κ2) is 2.80. The van der Waals surface area contributed by atoms with E-state index in [0.29, 0.717) is 5.69 Å². The van der Waals surface area contributed by atoms with Crippen molar-refractivity contribution in [2.75, 3.05) is 0 Å². The van der Waals surface area contributed by atoms with Gasteiger partial charge in [0.25, 0.3) is 0 Å². The van der Waals surface area contributed by atoms with Crippen molar-refractivity contribution in [3.05, 3.63) is 30.1 Å². The molecule has 0 fully saturated rings. The zero-order valence-electron chi connectivity index (χ0n) is 6.24. The first-order valence-electron chi connectivity index (χ1n) is 3.26. The smallest absolute Gasteiger partial charge is 0.226 e. The van der Waals surface area contributed by atoms with Gasteiger partial charge in [-0.2, -0.15) is 0 Å². The van der Waals surface area contributed by atoms with Crippen molar-refractivity contribution in [2.24, 2.45) is 5.73 Å². The first kappa shape index (κ1) is 7.88. The summed E-state index contributed by atoms with van der Waals surface area (Å²) in [6, 6.07) is 5.25. The van der Waals surface area contributed by atoms with Crippen LogP contribution in [0.3, 0.4) is 0 Å².